The van der Waals surface area contributed by atoms with E-state index in [0.29, 0.717) is 11.9 Å². The van der Waals surface area contributed by atoms with E-state index in [4.69, 9.17) is 5.41 Å². The Kier molecular flexibility index (Phi) is 5.72. The molecular formula is C16H11N5O5-2. The number of carbonyl (C=O) groups excluding carboxylic acids is 1. The number of nitrogens with zero attached hydrogens (tertiary/aromatic N) is 3. The second kappa shape index (κ2) is 8.15. The third-order valence-corrected chi connectivity index (χ3v) is 3.02. The Hall–Kier alpha value is -4.08. The molecule has 2 rings (SSSR count). The van der Waals surface area contributed by atoms with Crippen LogP contribution >= 0.6 is 0 Å². The lowest BCUT2D eigenvalue weighted by Gasteiger charge is -2.12. The summed E-state index contributed by atoms with van der Waals surface area (Å²) in [5.41, 5.74) is -1.17. The minimum atomic E-state index is -1.04. The number of nitro benzene ring substituents is 1. The van der Waals surface area contributed by atoms with E-state index in [9.17, 15) is 25.1 Å². The highest BCUT2D eigenvalue weighted by Gasteiger charge is 2.11. The van der Waals surface area contributed by atoms with Crippen LogP contribution in [0.25, 0.3) is 0 Å². The van der Waals surface area contributed by atoms with Gasteiger partial charge in [0.15, 0.2) is 0 Å². The van der Waals surface area contributed by atoms with Gasteiger partial charge in [0.05, 0.1) is 10.6 Å². The maximum atomic E-state index is 12.2. The van der Waals surface area contributed by atoms with Crippen LogP contribution in [-0.4, -0.2) is 17.0 Å². The van der Waals surface area contributed by atoms with Crippen molar-refractivity contribution in [1.29, 1.82) is 5.41 Å². The summed E-state index contributed by atoms with van der Waals surface area (Å²) in [7, 11) is 0. The van der Waals surface area contributed by atoms with Crippen molar-refractivity contribution in [2.75, 3.05) is 5.32 Å². The van der Waals surface area contributed by atoms with E-state index < -0.39 is 39.4 Å². The molecule has 2 N–H and O–H groups in total. The van der Waals surface area contributed by atoms with E-state index in [1.54, 1.807) is 30.3 Å². The molecule has 2 aromatic carbocycles. The van der Waals surface area contributed by atoms with Gasteiger partial charge in [0, 0.05) is 24.0 Å². The summed E-state index contributed by atoms with van der Waals surface area (Å²) in [6.07, 6.45) is 0.366. The first-order valence-electron chi connectivity index (χ1n) is 7.07. The van der Waals surface area contributed by atoms with Crippen molar-refractivity contribution in [3.05, 3.63) is 70.1 Å². The average Bonchev–Trinajstić information content (AvgIpc) is 2.63. The smallest absolute Gasteiger partial charge is 0.275 e. The molecule has 0 unspecified atom stereocenters. The normalized spacial score (nSPS) is 11.7. The number of non-ortho nitro benzene ring substituents is 1. The Balaban J connectivity index is 2.33. The molecule has 0 aliphatic carbocycles. The third-order valence-electron chi connectivity index (χ3n) is 3.02. The number of allylic oxidation sites excluding steroid dienone is 1. The van der Waals surface area contributed by atoms with Gasteiger partial charge in [0.2, 0.25) is 0 Å². The second-order valence-electron chi connectivity index (χ2n) is 4.79. The van der Waals surface area contributed by atoms with Crippen LogP contribution in [0.4, 0.5) is 17.1 Å². The van der Waals surface area contributed by atoms with Gasteiger partial charge in [-0.3, -0.25) is 14.9 Å². The molecule has 10 nitrogen and oxygen atoms in total. The van der Waals surface area contributed by atoms with Gasteiger partial charge >= 0.3 is 0 Å². The molecular weight excluding hydrogens is 342 g/mol. The summed E-state index contributed by atoms with van der Waals surface area (Å²) in [4.78, 5) is 22.2. The van der Waals surface area contributed by atoms with Crippen LogP contribution in [-0.2, 0) is 4.79 Å². The highest BCUT2D eigenvalue weighted by atomic mass is 16.6. The minimum absolute atomic E-state index is 0.366. The average molecular weight is 353 g/mol. The zero-order valence-electron chi connectivity index (χ0n) is 13.1. The Labute approximate surface area is 146 Å². The first kappa shape index (κ1) is 18.3. The molecule has 26 heavy (non-hydrogen) atoms. The lowest BCUT2D eigenvalue weighted by atomic mass is 10.2. The molecule has 0 fully saturated rings. The SMILES string of the molecule is N=C/C([O-])=C(/N=Nc1cc([N+](=O)[O-])ccc1[O-])C(=O)Nc1ccccc1. The number of para-hydroxylation sites is 1. The number of azo groups is 1. The van der Waals surface area contributed by atoms with Crippen molar-refractivity contribution in [3.63, 3.8) is 0 Å². The summed E-state index contributed by atoms with van der Waals surface area (Å²) >= 11 is 0. The maximum Gasteiger partial charge on any atom is 0.275 e. The highest BCUT2D eigenvalue weighted by molar-refractivity contribution is 6.06. The minimum Gasteiger partial charge on any atom is -0.871 e. The molecule has 132 valence electrons. The van der Waals surface area contributed by atoms with Crippen LogP contribution in [0.2, 0.25) is 0 Å². The standard InChI is InChI=1S/C16H13N5O5/c17-9-14(23)15(16(24)18-10-4-2-1-3-5-10)20-19-12-8-11(21(25)26)6-7-13(12)22/h1-9,17,22-23H,(H,18,24)/p-2/b15-14-,17-9?,20-19?. The van der Waals surface area contributed by atoms with Gasteiger partial charge in [0.1, 0.15) is 5.70 Å². The van der Waals surface area contributed by atoms with Crippen molar-refractivity contribution in [3.8, 4) is 5.75 Å². The molecule has 0 atom stereocenters. The molecule has 0 spiro atoms. The van der Waals surface area contributed by atoms with Crippen molar-refractivity contribution < 1.29 is 19.9 Å². The van der Waals surface area contributed by atoms with E-state index in [1.165, 1.54) is 0 Å². The van der Waals surface area contributed by atoms with E-state index in [1.807, 2.05) is 0 Å². The van der Waals surface area contributed by atoms with Crippen LogP contribution in [0.1, 0.15) is 0 Å². The van der Waals surface area contributed by atoms with Crippen molar-refractivity contribution in [1.82, 2.24) is 0 Å². The molecule has 0 bridgehead atoms. The molecule has 0 radical (unpaired) electrons. The Morgan fingerprint density at radius 3 is 2.50 bits per heavy atom. The van der Waals surface area contributed by atoms with E-state index >= 15 is 0 Å². The number of nitrogens with one attached hydrogen (secondary N) is 2. The number of hydrogen-bond acceptors (Lipinski definition) is 8. The predicted octanol–water partition coefficient (Wildman–Crippen LogP) is 1.61. The first-order valence-corrected chi connectivity index (χ1v) is 7.07. The lowest BCUT2D eigenvalue weighted by molar-refractivity contribution is -0.385. The number of anilines is 1. The number of hydrogen-bond donors (Lipinski definition) is 2. The molecule has 0 aromatic heterocycles. The van der Waals surface area contributed by atoms with Gasteiger partial charge in [-0.05, 0) is 12.1 Å². The Morgan fingerprint density at radius 1 is 1.19 bits per heavy atom. The van der Waals surface area contributed by atoms with Gasteiger partial charge in [0.25, 0.3) is 11.6 Å². The quantitative estimate of drug-likeness (QED) is 0.200. The summed E-state index contributed by atoms with van der Waals surface area (Å²) < 4.78 is 0. The predicted molar refractivity (Wildman–Crippen MR) is 87.9 cm³/mol. The number of benzene rings is 2. The van der Waals surface area contributed by atoms with Crippen molar-refractivity contribution in [2.45, 2.75) is 0 Å². The van der Waals surface area contributed by atoms with Crippen LogP contribution in [0.15, 0.2) is 70.2 Å². The first-order chi connectivity index (χ1) is 12.4. The summed E-state index contributed by atoms with van der Waals surface area (Å²) in [5, 5.41) is 50.5. The van der Waals surface area contributed by atoms with Crippen LogP contribution < -0.4 is 15.5 Å². The lowest BCUT2D eigenvalue weighted by Crippen LogP contribution is -2.19. The van der Waals surface area contributed by atoms with Crippen molar-refractivity contribution in [2.24, 2.45) is 10.2 Å². The van der Waals surface area contributed by atoms with E-state index in [0.717, 1.165) is 18.2 Å². The van der Waals surface area contributed by atoms with Gasteiger partial charge in [-0.15, -0.1) is 5.11 Å². The van der Waals surface area contributed by atoms with Crippen molar-refractivity contribution >= 4 is 29.2 Å². The molecule has 0 saturated carbocycles. The van der Waals surface area contributed by atoms with Gasteiger partial charge in [-0.2, -0.15) is 5.11 Å². The second-order valence-corrected chi connectivity index (χ2v) is 4.79. The fourth-order valence-electron chi connectivity index (χ4n) is 1.79. The monoisotopic (exact) mass is 353 g/mol. The fraction of sp³-hybridized carbons (Fsp3) is 0. The maximum absolute atomic E-state index is 12.2. The molecule has 0 saturated heterocycles. The summed E-state index contributed by atoms with van der Waals surface area (Å²) in [5.74, 6) is -2.66. The molecule has 2 aromatic rings. The molecule has 1 amide bonds. The Morgan fingerprint density at radius 2 is 1.88 bits per heavy atom. The third kappa shape index (κ3) is 4.47. The number of rotatable bonds is 6. The molecule has 10 heteroatoms. The topological polar surface area (TPSA) is 167 Å². The molecule has 0 aliphatic heterocycles. The number of carbonyl (C=O) groups is 1. The molecule has 0 heterocycles. The van der Waals surface area contributed by atoms with Crippen LogP contribution in [0.5, 0.6) is 5.75 Å². The largest absolute Gasteiger partial charge is 0.871 e. The van der Waals surface area contributed by atoms with E-state index in [-0.39, 0.29) is 0 Å². The van der Waals surface area contributed by atoms with Gasteiger partial charge in [-0.1, -0.05) is 35.8 Å². The zero-order chi connectivity index (χ0) is 19.1. The van der Waals surface area contributed by atoms with Crippen LogP contribution in [0.3, 0.4) is 0 Å². The fourth-order valence-corrected chi connectivity index (χ4v) is 1.79. The summed E-state index contributed by atoms with van der Waals surface area (Å²) in [6, 6.07) is 11.0. The Bertz CT molecular complexity index is 909. The number of nitro groups is 1. The van der Waals surface area contributed by atoms with Gasteiger partial charge < -0.3 is 20.9 Å². The molecule has 0 aliphatic rings. The van der Waals surface area contributed by atoms with Gasteiger partial charge in [-0.25, -0.2) is 0 Å². The number of amides is 1. The highest BCUT2D eigenvalue weighted by Crippen LogP contribution is 2.29. The summed E-state index contributed by atoms with van der Waals surface area (Å²) in [6.45, 7) is 0. The van der Waals surface area contributed by atoms with E-state index in [2.05, 4.69) is 15.5 Å². The van der Waals surface area contributed by atoms with Crippen LogP contribution in [0, 0.1) is 15.5 Å². The zero-order valence-corrected chi connectivity index (χ0v) is 13.1.